The van der Waals surface area contributed by atoms with Crippen LogP contribution in [0.5, 0.6) is 5.75 Å². The lowest BCUT2D eigenvalue weighted by Gasteiger charge is -2.10. The van der Waals surface area contributed by atoms with Crippen molar-refractivity contribution in [3.63, 3.8) is 0 Å². The summed E-state index contributed by atoms with van der Waals surface area (Å²) in [5.41, 5.74) is 6.75. The predicted octanol–water partition coefficient (Wildman–Crippen LogP) is 4.04. The van der Waals surface area contributed by atoms with Crippen molar-refractivity contribution in [3.8, 4) is 16.9 Å². The molecule has 0 radical (unpaired) electrons. The summed E-state index contributed by atoms with van der Waals surface area (Å²) in [5, 5.41) is 2.78. The van der Waals surface area contributed by atoms with E-state index >= 15 is 0 Å². The number of halogens is 1. The van der Waals surface area contributed by atoms with Crippen molar-refractivity contribution in [1.29, 1.82) is 0 Å². The van der Waals surface area contributed by atoms with E-state index in [2.05, 4.69) is 10.3 Å². The number of nitrogens with zero attached hydrogens (tertiary/aromatic N) is 1. The lowest BCUT2D eigenvalue weighted by molar-refractivity contribution is 0.0950. The molecule has 4 nitrogen and oxygen atoms in total. The highest BCUT2D eigenvalue weighted by Crippen LogP contribution is 2.38. The molecule has 27 heavy (non-hydrogen) atoms. The fourth-order valence-electron chi connectivity index (χ4n) is 3.56. The van der Waals surface area contributed by atoms with Crippen LogP contribution in [0.25, 0.3) is 11.1 Å². The molecule has 4 rings (SSSR count). The monoisotopic (exact) mass is 362 g/mol. The molecule has 0 saturated heterocycles. The van der Waals surface area contributed by atoms with E-state index in [4.69, 9.17) is 4.74 Å². The smallest absolute Gasteiger partial charge is 0.251 e. The van der Waals surface area contributed by atoms with Gasteiger partial charge in [0.05, 0.1) is 7.11 Å². The van der Waals surface area contributed by atoms with Crippen LogP contribution in [0.2, 0.25) is 0 Å². The second-order valence-electron chi connectivity index (χ2n) is 6.68. The first-order chi connectivity index (χ1) is 13.1. The van der Waals surface area contributed by atoms with Crippen LogP contribution in [-0.4, -0.2) is 18.0 Å². The number of ether oxygens (including phenoxy) is 1. The predicted molar refractivity (Wildman–Crippen MR) is 101 cm³/mol. The maximum Gasteiger partial charge on any atom is 0.251 e. The molecule has 0 atom stereocenters. The Labute approximate surface area is 157 Å². The molecule has 1 N–H and O–H groups in total. The molecule has 0 spiro atoms. The van der Waals surface area contributed by atoms with Gasteiger partial charge in [0, 0.05) is 36.5 Å². The van der Waals surface area contributed by atoms with Gasteiger partial charge in [0.2, 0.25) is 0 Å². The Balaban J connectivity index is 1.53. The molecule has 0 unspecified atom stereocenters. The molecule has 1 aromatic heterocycles. The van der Waals surface area contributed by atoms with Crippen LogP contribution in [0, 0.1) is 12.7 Å². The Morgan fingerprint density at radius 3 is 2.85 bits per heavy atom. The summed E-state index contributed by atoms with van der Waals surface area (Å²) >= 11 is 0. The number of hydrogen-bond donors (Lipinski definition) is 1. The highest BCUT2D eigenvalue weighted by atomic mass is 19.1. The van der Waals surface area contributed by atoms with Crippen LogP contribution in [0.1, 0.15) is 32.6 Å². The molecule has 0 bridgehead atoms. The van der Waals surface area contributed by atoms with Crippen LogP contribution in [0.4, 0.5) is 4.39 Å². The van der Waals surface area contributed by atoms with E-state index in [0.29, 0.717) is 16.9 Å². The van der Waals surface area contributed by atoms with Gasteiger partial charge in [0.1, 0.15) is 11.6 Å². The largest absolute Gasteiger partial charge is 0.497 e. The van der Waals surface area contributed by atoms with E-state index in [1.807, 2.05) is 37.5 Å². The van der Waals surface area contributed by atoms with Crippen LogP contribution in [-0.2, 0) is 13.0 Å². The summed E-state index contributed by atoms with van der Waals surface area (Å²) in [6, 6.07) is 10.2. The Bertz CT molecular complexity index is 1050. The number of nitrogens with one attached hydrogen (secondary N) is 1. The minimum Gasteiger partial charge on any atom is -0.497 e. The first-order valence-corrected chi connectivity index (χ1v) is 8.74. The van der Waals surface area contributed by atoms with Gasteiger partial charge in [-0.05, 0) is 65.1 Å². The zero-order chi connectivity index (χ0) is 19.0. The van der Waals surface area contributed by atoms with Gasteiger partial charge in [-0.15, -0.1) is 0 Å². The summed E-state index contributed by atoms with van der Waals surface area (Å²) in [4.78, 5) is 16.8. The number of hydrogen-bond acceptors (Lipinski definition) is 3. The number of aryl methyl sites for hydroxylation is 1. The van der Waals surface area contributed by atoms with Crippen molar-refractivity contribution < 1.29 is 13.9 Å². The highest BCUT2D eigenvalue weighted by molar-refractivity contribution is 5.95. The van der Waals surface area contributed by atoms with Crippen molar-refractivity contribution in [2.75, 3.05) is 7.11 Å². The quantitative estimate of drug-likeness (QED) is 0.596. The molecular formula is C22H19FN2O2. The van der Waals surface area contributed by atoms with E-state index in [0.717, 1.165) is 23.1 Å². The first kappa shape index (κ1) is 17.2. The third kappa shape index (κ3) is 3.16. The summed E-state index contributed by atoms with van der Waals surface area (Å²) in [7, 11) is 1.52. The molecule has 1 amide bonds. The summed E-state index contributed by atoms with van der Waals surface area (Å²) in [6.07, 6.45) is 4.51. The molecule has 5 heteroatoms. The third-order valence-electron chi connectivity index (χ3n) is 4.92. The van der Waals surface area contributed by atoms with E-state index in [1.165, 1.54) is 24.3 Å². The average Bonchev–Trinajstić information content (AvgIpc) is 3.06. The van der Waals surface area contributed by atoms with Crippen molar-refractivity contribution in [2.45, 2.75) is 19.9 Å². The number of amides is 1. The fourth-order valence-corrected chi connectivity index (χ4v) is 3.56. The van der Waals surface area contributed by atoms with Gasteiger partial charge in [0.15, 0.2) is 0 Å². The van der Waals surface area contributed by atoms with E-state index in [1.54, 1.807) is 12.1 Å². The van der Waals surface area contributed by atoms with Gasteiger partial charge >= 0.3 is 0 Å². The maximum absolute atomic E-state index is 13.9. The lowest BCUT2D eigenvalue weighted by atomic mass is 10.0. The second kappa shape index (κ2) is 6.83. The van der Waals surface area contributed by atoms with Crippen molar-refractivity contribution in [2.24, 2.45) is 0 Å². The second-order valence-corrected chi connectivity index (χ2v) is 6.68. The number of pyridine rings is 1. The summed E-state index contributed by atoms with van der Waals surface area (Å²) in [6.45, 7) is 2.15. The van der Waals surface area contributed by atoms with E-state index in [9.17, 15) is 9.18 Å². The minimum absolute atomic E-state index is 0.0994. The molecule has 0 saturated carbocycles. The number of carbonyl (C=O) groups is 1. The van der Waals surface area contributed by atoms with Gasteiger partial charge in [-0.1, -0.05) is 6.07 Å². The molecule has 1 aliphatic carbocycles. The zero-order valence-corrected chi connectivity index (χ0v) is 15.2. The zero-order valence-electron chi connectivity index (χ0n) is 15.2. The molecule has 0 fully saturated rings. The lowest BCUT2D eigenvalue weighted by Crippen LogP contribution is -2.23. The standard InChI is InChI=1S/C22H19FN2O2/c1-13-10-24-11-17-8-15-7-14(3-5-19(15)21(13)17)22(26)25-12-16-9-18(27-2)4-6-20(16)23/h3-7,9-11H,8,12H2,1-2H3,(H,25,26). The molecule has 3 aromatic rings. The van der Waals surface area contributed by atoms with Crippen molar-refractivity contribution in [1.82, 2.24) is 10.3 Å². The maximum atomic E-state index is 13.9. The van der Waals surface area contributed by atoms with Crippen molar-refractivity contribution >= 4 is 5.91 Å². The fraction of sp³-hybridized carbons (Fsp3) is 0.182. The summed E-state index contributed by atoms with van der Waals surface area (Å²) in [5.74, 6) is -0.0470. The highest BCUT2D eigenvalue weighted by Gasteiger charge is 2.21. The Kier molecular flexibility index (Phi) is 4.36. The number of benzene rings is 2. The van der Waals surface area contributed by atoms with Gasteiger partial charge in [-0.3, -0.25) is 9.78 Å². The number of fused-ring (bicyclic) bond motifs is 3. The molecule has 2 aromatic carbocycles. The van der Waals surface area contributed by atoms with Crippen molar-refractivity contribution in [3.05, 3.63) is 82.4 Å². The van der Waals surface area contributed by atoms with Gasteiger partial charge < -0.3 is 10.1 Å². The van der Waals surface area contributed by atoms with E-state index in [-0.39, 0.29) is 18.3 Å². The Morgan fingerprint density at radius 1 is 1.19 bits per heavy atom. The van der Waals surface area contributed by atoms with Gasteiger partial charge in [-0.2, -0.15) is 0 Å². The Morgan fingerprint density at radius 2 is 2.04 bits per heavy atom. The molecule has 1 heterocycles. The first-order valence-electron chi connectivity index (χ1n) is 8.74. The topological polar surface area (TPSA) is 51.2 Å². The number of carbonyl (C=O) groups excluding carboxylic acids is 1. The Hall–Kier alpha value is -3.21. The number of methoxy groups -OCH3 is 1. The SMILES string of the molecule is COc1ccc(F)c(CNC(=O)c2ccc3c(c2)Cc2cncc(C)c2-3)c1. The number of aromatic nitrogens is 1. The summed E-state index contributed by atoms with van der Waals surface area (Å²) < 4.78 is 19.0. The minimum atomic E-state index is -0.372. The van der Waals surface area contributed by atoms with Crippen LogP contribution in [0.3, 0.4) is 0 Å². The molecule has 0 aliphatic heterocycles. The third-order valence-corrected chi connectivity index (χ3v) is 4.92. The van der Waals surface area contributed by atoms with Crippen LogP contribution in [0.15, 0.2) is 48.8 Å². The molecule has 136 valence electrons. The van der Waals surface area contributed by atoms with Crippen LogP contribution < -0.4 is 10.1 Å². The molecular weight excluding hydrogens is 343 g/mol. The average molecular weight is 362 g/mol. The van der Waals surface area contributed by atoms with Gasteiger partial charge in [0.25, 0.3) is 5.91 Å². The van der Waals surface area contributed by atoms with Gasteiger partial charge in [-0.25, -0.2) is 4.39 Å². The molecule has 1 aliphatic rings. The normalized spacial score (nSPS) is 11.7. The van der Waals surface area contributed by atoms with E-state index < -0.39 is 0 Å². The van der Waals surface area contributed by atoms with Crippen LogP contribution >= 0.6 is 0 Å². The number of rotatable bonds is 4.